The Kier molecular flexibility index (Phi) is 4.17. The number of carbonyl (C=O) groups excluding carboxylic acids is 1. The third-order valence-corrected chi connectivity index (χ3v) is 5.29. The average molecular weight is 266 g/mol. The summed E-state index contributed by atoms with van der Waals surface area (Å²) in [4.78, 5) is 18.3. The molecule has 1 N–H and O–H groups in total. The van der Waals surface area contributed by atoms with Gasteiger partial charge in [-0.25, -0.2) is 4.98 Å². The summed E-state index contributed by atoms with van der Waals surface area (Å²) in [5.41, 5.74) is 0.970. The van der Waals surface area contributed by atoms with Crippen LogP contribution in [-0.4, -0.2) is 23.9 Å². The topological polar surface area (TPSA) is 42.0 Å². The van der Waals surface area contributed by atoms with Crippen molar-refractivity contribution >= 4 is 17.1 Å². The molecule has 0 amide bonds. The molecule has 1 aromatic rings. The number of nitrogens with zero attached hydrogens (tertiary/aromatic N) is 1. The van der Waals surface area contributed by atoms with Gasteiger partial charge in [0.1, 0.15) is 10.8 Å². The van der Waals surface area contributed by atoms with Crippen LogP contribution in [0.25, 0.3) is 0 Å². The summed E-state index contributed by atoms with van der Waals surface area (Å²) in [7, 11) is 0. The lowest BCUT2D eigenvalue weighted by molar-refractivity contribution is -0.129. The molecule has 1 aromatic heterocycles. The van der Waals surface area contributed by atoms with Crippen LogP contribution < -0.4 is 5.32 Å². The number of Topliss-reactive ketones (excluding diaryl/α,β-unsaturated/α-hetero) is 1. The number of nitrogens with one attached hydrogen (secondary N) is 1. The van der Waals surface area contributed by atoms with Crippen molar-refractivity contribution in [2.24, 2.45) is 5.41 Å². The molecule has 3 nitrogen and oxygen atoms in total. The van der Waals surface area contributed by atoms with Gasteiger partial charge in [-0.15, -0.1) is 11.3 Å². The van der Waals surface area contributed by atoms with E-state index in [0.29, 0.717) is 12.2 Å². The smallest absolute Gasteiger partial charge is 0.145 e. The number of carbonyl (C=O) groups is 1. The molecule has 1 saturated heterocycles. The summed E-state index contributed by atoms with van der Waals surface area (Å²) < 4.78 is 0. The zero-order chi connectivity index (χ0) is 13.2. The number of hydrogen-bond acceptors (Lipinski definition) is 4. The molecule has 1 fully saturated rings. The van der Waals surface area contributed by atoms with E-state index in [1.807, 2.05) is 6.92 Å². The number of thiazole rings is 1. The summed E-state index contributed by atoms with van der Waals surface area (Å²) in [6.07, 6.45) is 3.43. The second-order valence-corrected chi connectivity index (χ2v) is 6.52. The highest BCUT2D eigenvalue weighted by molar-refractivity contribution is 7.11. The van der Waals surface area contributed by atoms with Gasteiger partial charge in [-0.05, 0) is 46.2 Å². The molecule has 0 aromatic carbocycles. The maximum atomic E-state index is 12.6. The minimum atomic E-state index is -0.0985. The Balaban J connectivity index is 2.10. The quantitative estimate of drug-likeness (QED) is 0.911. The van der Waals surface area contributed by atoms with Crippen molar-refractivity contribution in [2.75, 3.05) is 13.1 Å². The first-order valence-electron chi connectivity index (χ1n) is 6.74. The Morgan fingerprint density at radius 1 is 1.39 bits per heavy atom. The molecule has 2 heterocycles. The van der Waals surface area contributed by atoms with Gasteiger partial charge in [-0.3, -0.25) is 4.79 Å². The highest BCUT2D eigenvalue weighted by Gasteiger charge is 2.37. The standard InChI is InChI=1S/C14H22N2OS/c1-4-14(5-7-15-8-6-14)12(17)9-13-16-10(2)11(3)18-13/h15H,4-9H2,1-3H3. The predicted molar refractivity (Wildman–Crippen MR) is 75.1 cm³/mol. The largest absolute Gasteiger partial charge is 0.317 e. The highest BCUT2D eigenvalue weighted by atomic mass is 32.1. The molecule has 1 aliphatic rings. The summed E-state index contributed by atoms with van der Waals surface area (Å²) >= 11 is 1.67. The van der Waals surface area contributed by atoms with Crippen molar-refractivity contribution in [1.82, 2.24) is 10.3 Å². The Morgan fingerprint density at radius 2 is 2.06 bits per heavy atom. The van der Waals surface area contributed by atoms with E-state index in [1.54, 1.807) is 11.3 Å². The van der Waals surface area contributed by atoms with Crippen molar-refractivity contribution in [1.29, 1.82) is 0 Å². The van der Waals surface area contributed by atoms with E-state index in [9.17, 15) is 4.79 Å². The number of ketones is 1. The number of piperidine rings is 1. The molecule has 0 spiro atoms. The van der Waals surface area contributed by atoms with E-state index in [-0.39, 0.29) is 5.41 Å². The Labute approximate surface area is 113 Å². The normalized spacial score (nSPS) is 18.8. The molecule has 0 atom stereocenters. The first kappa shape index (κ1) is 13.7. The van der Waals surface area contributed by atoms with Gasteiger partial charge in [0.25, 0.3) is 0 Å². The van der Waals surface area contributed by atoms with Crippen LogP contribution in [0.5, 0.6) is 0 Å². The van der Waals surface area contributed by atoms with Crippen molar-refractivity contribution < 1.29 is 4.79 Å². The molecule has 1 aliphatic heterocycles. The fourth-order valence-electron chi connectivity index (χ4n) is 2.67. The predicted octanol–water partition coefficient (Wildman–Crippen LogP) is 2.65. The minimum Gasteiger partial charge on any atom is -0.317 e. The van der Waals surface area contributed by atoms with E-state index in [1.165, 1.54) is 4.88 Å². The van der Waals surface area contributed by atoms with Crippen LogP contribution in [-0.2, 0) is 11.2 Å². The van der Waals surface area contributed by atoms with Gasteiger partial charge in [-0.2, -0.15) is 0 Å². The van der Waals surface area contributed by atoms with E-state index >= 15 is 0 Å². The second-order valence-electron chi connectivity index (χ2n) is 5.23. The number of rotatable bonds is 4. The fourth-order valence-corrected chi connectivity index (χ4v) is 3.61. The van der Waals surface area contributed by atoms with Gasteiger partial charge in [0, 0.05) is 10.3 Å². The van der Waals surface area contributed by atoms with Crippen molar-refractivity contribution in [3.8, 4) is 0 Å². The Bertz CT molecular complexity index is 414. The highest BCUT2D eigenvalue weighted by Crippen LogP contribution is 2.35. The van der Waals surface area contributed by atoms with Gasteiger partial charge in [0.05, 0.1) is 12.1 Å². The summed E-state index contributed by atoms with van der Waals surface area (Å²) in [6.45, 7) is 8.16. The summed E-state index contributed by atoms with van der Waals surface area (Å²) in [5, 5.41) is 4.33. The second kappa shape index (κ2) is 5.49. The van der Waals surface area contributed by atoms with E-state index < -0.39 is 0 Å². The van der Waals surface area contributed by atoms with Crippen LogP contribution in [0.4, 0.5) is 0 Å². The third-order valence-electron chi connectivity index (χ3n) is 4.21. The van der Waals surface area contributed by atoms with Crippen LogP contribution in [0, 0.1) is 19.3 Å². The lowest BCUT2D eigenvalue weighted by atomic mass is 9.72. The van der Waals surface area contributed by atoms with Gasteiger partial charge in [0.2, 0.25) is 0 Å². The van der Waals surface area contributed by atoms with Crippen LogP contribution in [0.3, 0.4) is 0 Å². The molecule has 0 saturated carbocycles. The Hall–Kier alpha value is -0.740. The van der Waals surface area contributed by atoms with Gasteiger partial charge in [-0.1, -0.05) is 6.92 Å². The molecule has 18 heavy (non-hydrogen) atoms. The number of hydrogen-bond donors (Lipinski definition) is 1. The van der Waals surface area contributed by atoms with E-state index in [2.05, 4.69) is 24.1 Å². The van der Waals surface area contributed by atoms with Gasteiger partial charge < -0.3 is 5.32 Å². The number of aryl methyl sites for hydroxylation is 2. The molecular weight excluding hydrogens is 244 g/mol. The van der Waals surface area contributed by atoms with Crippen LogP contribution in [0.2, 0.25) is 0 Å². The van der Waals surface area contributed by atoms with E-state index in [4.69, 9.17) is 0 Å². The van der Waals surface area contributed by atoms with Crippen molar-refractivity contribution in [3.63, 3.8) is 0 Å². The van der Waals surface area contributed by atoms with Crippen molar-refractivity contribution in [3.05, 3.63) is 15.6 Å². The van der Waals surface area contributed by atoms with Crippen molar-refractivity contribution in [2.45, 2.75) is 46.5 Å². The SMILES string of the molecule is CCC1(C(=O)Cc2nc(C)c(C)s2)CCNCC1. The molecular formula is C14H22N2OS. The molecule has 2 rings (SSSR count). The summed E-state index contributed by atoms with van der Waals surface area (Å²) in [5.74, 6) is 0.389. The average Bonchev–Trinajstić information content (AvgIpc) is 2.69. The Morgan fingerprint density at radius 3 is 2.56 bits per heavy atom. The lowest BCUT2D eigenvalue weighted by Gasteiger charge is -2.35. The molecule has 4 heteroatoms. The van der Waals surface area contributed by atoms with E-state index in [0.717, 1.165) is 43.1 Å². The van der Waals surface area contributed by atoms with Crippen LogP contribution >= 0.6 is 11.3 Å². The molecule has 0 unspecified atom stereocenters. The van der Waals surface area contributed by atoms with Gasteiger partial charge in [0.15, 0.2) is 0 Å². The maximum absolute atomic E-state index is 12.6. The lowest BCUT2D eigenvalue weighted by Crippen LogP contribution is -2.42. The number of aromatic nitrogens is 1. The third kappa shape index (κ3) is 2.64. The monoisotopic (exact) mass is 266 g/mol. The van der Waals surface area contributed by atoms with Crippen LogP contribution in [0.15, 0.2) is 0 Å². The van der Waals surface area contributed by atoms with Gasteiger partial charge >= 0.3 is 0 Å². The zero-order valence-corrected chi connectivity index (χ0v) is 12.3. The molecule has 0 aliphatic carbocycles. The molecule has 100 valence electrons. The first-order chi connectivity index (χ1) is 8.57. The first-order valence-corrected chi connectivity index (χ1v) is 7.56. The maximum Gasteiger partial charge on any atom is 0.145 e. The minimum absolute atomic E-state index is 0.0985. The molecule has 0 radical (unpaired) electrons. The summed E-state index contributed by atoms with van der Waals surface area (Å²) in [6, 6.07) is 0. The molecule has 0 bridgehead atoms. The van der Waals surface area contributed by atoms with Crippen LogP contribution in [0.1, 0.15) is 41.8 Å². The zero-order valence-electron chi connectivity index (χ0n) is 11.5. The fraction of sp³-hybridized carbons (Fsp3) is 0.714.